The van der Waals surface area contributed by atoms with E-state index < -0.39 is 5.97 Å². The fourth-order valence-electron chi connectivity index (χ4n) is 1.92. The maximum Gasteiger partial charge on any atom is 0.337 e. The van der Waals surface area contributed by atoms with E-state index in [1.165, 1.54) is 37.6 Å². The Morgan fingerprint density at radius 3 is 2.67 bits per heavy atom. The van der Waals surface area contributed by atoms with Gasteiger partial charge in [-0.05, 0) is 24.5 Å². The standard InChI is InChI=1S/C13H16N2O3/c16-12(7-4-9-2-1-3-9)15-11-6-5-10(8-14-11)13(17)18/h5-6,8-9H,1-4,7H2,(H,17,18)(H,14,15,16). The summed E-state index contributed by atoms with van der Waals surface area (Å²) >= 11 is 0. The van der Waals surface area contributed by atoms with Gasteiger partial charge in [-0.25, -0.2) is 9.78 Å². The molecular formula is C13H16N2O3. The minimum atomic E-state index is -1.02. The van der Waals surface area contributed by atoms with Crippen molar-refractivity contribution in [3.63, 3.8) is 0 Å². The van der Waals surface area contributed by atoms with E-state index in [-0.39, 0.29) is 11.5 Å². The lowest BCUT2D eigenvalue weighted by atomic mass is 9.82. The Hall–Kier alpha value is -1.91. The summed E-state index contributed by atoms with van der Waals surface area (Å²) in [5, 5.41) is 11.4. The van der Waals surface area contributed by atoms with E-state index >= 15 is 0 Å². The minimum Gasteiger partial charge on any atom is -0.478 e. The van der Waals surface area contributed by atoms with Gasteiger partial charge in [0.05, 0.1) is 5.56 Å². The summed E-state index contributed by atoms with van der Waals surface area (Å²) in [7, 11) is 0. The first-order valence-electron chi connectivity index (χ1n) is 6.14. The number of hydrogen-bond donors (Lipinski definition) is 2. The van der Waals surface area contributed by atoms with Gasteiger partial charge in [-0.3, -0.25) is 4.79 Å². The van der Waals surface area contributed by atoms with Gasteiger partial charge in [0.25, 0.3) is 0 Å². The summed E-state index contributed by atoms with van der Waals surface area (Å²) in [5.41, 5.74) is 0.113. The molecule has 18 heavy (non-hydrogen) atoms. The molecule has 1 aromatic heterocycles. The zero-order valence-electron chi connectivity index (χ0n) is 10.1. The molecule has 0 radical (unpaired) electrons. The van der Waals surface area contributed by atoms with Crippen molar-refractivity contribution in [2.24, 2.45) is 5.92 Å². The van der Waals surface area contributed by atoms with Crippen LogP contribution >= 0.6 is 0 Å². The highest BCUT2D eigenvalue weighted by Crippen LogP contribution is 2.30. The predicted octanol–water partition coefficient (Wildman–Crippen LogP) is 2.30. The summed E-state index contributed by atoms with van der Waals surface area (Å²) in [5.74, 6) is 0.0274. The van der Waals surface area contributed by atoms with Crippen molar-refractivity contribution in [3.8, 4) is 0 Å². The SMILES string of the molecule is O=C(CCC1CCC1)Nc1ccc(C(=O)O)cn1. The highest BCUT2D eigenvalue weighted by Gasteiger charge is 2.18. The number of pyridine rings is 1. The number of nitrogens with zero attached hydrogens (tertiary/aromatic N) is 1. The van der Waals surface area contributed by atoms with Crippen molar-refractivity contribution in [3.05, 3.63) is 23.9 Å². The molecule has 0 aromatic carbocycles. The Labute approximate surface area is 105 Å². The van der Waals surface area contributed by atoms with Crippen LogP contribution in [0.15, 0.2) is 18.3 Å². The topological polar surface area (TPSA) is 79.3 Å². The number of aromatic carboxylic acids is 1. The number of aromatic nitrogens is 1. The second-order valence-corrected chi connectivity index (χ2v) is 4.62. The van der Waals surface area contributed by atoms with Gasteiger partial charge in [0.1, 0.15) is 5.82 Å². The number of carbonyl (C=O) groups is 2. The van der Waals surface area contributed by atoms with Crippen LogP contribution in [0.5, 0.6) is 0 Å². The largest absolute Gasteiger partial charge is 0.478 e. The van der Waals surface area contributed by atoms with Gasteiger partial charge in [0, 0.05) is 12.6 Å². The molecule has 1 aliphatic rings. The van der Waals surface area contributed by atoms with Crippen LogP contribution in [0, 0.1) is 5.92 Å². The average Bonchev–Trinajstić information content (AvgIpc) is 2.27. The Balaban J connectivity index is 1.80. The van der Waals surface area contributed by atoms with Crippen molar-refractivity contribution in [1.29, 1.82) is 0 Å². The lowest BCUT2D eigenvalue weighted by Gasteiger charge is -2.24. The summed E-state index contributed by atoms with van der Waals surface area (Å²) < 4.78 is 0. The van der Waals surface area contributed by atoms with Gasteiger partial charge < -0.3 is 10.4 Å². The molecule has 0 unspecified atom stereocenters. The number of carbonyl (C=O) groups excluding carboxylic acids is 1. The fourth-order valence-corrected chi connectivity index (χ4v) is 1.92. The highest BCUT2D eigenvalue weighted by atomic mass is 16.4. The van der Waals surface area contributed by atoms with Crippen LogP contribution in [0.4, 0.5) is 5.82 Å². The van der Waals surface area contributed by atoms with Gasteiger partial charge in [-0.1, -0.05) is 19.3 Å². The van der Waals surface area contributed by atoms with Crippen LogP contribution in [0.25, 0.3) is 0 Å². The second-order valence-electron chi connectivity index (χ2n) is 4.62. The number of amides is 1. The number of anilines is 1. The Morgan fingerprint density at radius 1 is 1.39 bits per heavy atom. The maximum absolute atomic E-state index is 11.6. The lowest BCUT2D eigenvalue weighted by Crippen LogP contribution is -2.17. The molecule has 1 amide bonds. The van der Waals surface area contributed by atoms with Crippen molar-refractivity contribution < 1.29 is 14.7 Å². The molecule has 1 heterocycles. The van der Waals surface area contributed by atoms with Gasteiger partial charge in [-0.15, -0.1) is 0 Å². The van der Waals surface area contributed by atoms with Crippen LogP contribution in [0.1, 0.15) is 42.5 Å². The number of nitrogens with one attached hydrogen (secondary N) is 1. The third kappa shape index (κ3) is 3.29. The molecule has 5 heteroatoms. The van der Waals surface area contributed by atoms with Crippen LogP contribution < -0.4 is 5.32 Å². The number of carboxylic acid groups (broad SMARTS) is 1. The molecule has 0 saturated heterocycles. The molecule has 0 bridgehead atoms. The number of carboxylic acids is 1. The molecule has 2 N–H and O–H groups in total. The van der Waals surface area contributed by atoms with E-state index in [1.54, 1.807) is 0 Å². The van der Waals surface area contributed by atoms with E-state index in [0.717, 1.165) is 6.42 Å². The first kappa shape index (κ1) is 12.5. The monoisotopic (exact) mass is 248 g/mol. The zero-order valence-corrected chi connectivity index (χ0v) is 10.1. The normalized spacial score (nSPS) is 14.9. The molecule has 0 atom stereocenters. The first-order chi connectivity index (χ1) is 8.65. The van der Waals surface area contributed by atoms with Gasteiger partial charge in [0.2, 0.25) is 5.91 Å². The third-order valence-corrected chi connectivity index (χ3v) is 3.28. The van der Waals surface area contributed by atoms with Gasteiger partial charge in [-0.2, -0.15) is 0 Å². The average molecular weight is 248 g/mol. The summed E-state index contributed by atoms with van der Waals surface area (Å²) in [6, 6.07) is 2.93. The minimum absolute atomic E-state index is 0.0579. The highest BCUT2D eigenvalue weighted by molar-refractivity contribution is 5.91. The van der Waals surface area contributed by atoms with Crippen LogP contribution in [-0.2, 0) is 4.79 Å². The van der Waals surface area contributed by atoms with Crippen molar-refractivity contribution in [2.75, 3.05) is 5.32 Å². The van der Waals surface area contributed by atoms with Gasteiger partial charge >= 0.3 is 5.97 Å². The molecule has 1 aromatic rings. The quantitative estimate of drug-likeness (QED) is 0.838. The van der Waals surface area contributed by atoms with Crippen LogP contribution in [0.2, 0.25) is 0 Å². The van der Waals surface area contributed by atoms with Crippen molar-refractivity contribution in [2.45, 2.75) is 32.1 Å². The second kappa shape index (κ2) is 5.62. The molecule has 0 aliphatic heterocycles. The van der Waals surface area contributed by atoms with Crippen molar-refractivity contribution in [1.82, 2.24) is 4.98 Å². The van der Waals surface area contributed by atoms with E-state index in [9.17, 15) is 9.59 Å². The van der Waals surface area contributed by atoms with E-state index in [0.29, 0.717) is 18.2 Å². The van der Waals surface area contributed by atoms with Crippen molar-refractivity contribution >= 4 is 17.7 Å². The molecule has 5 nitrogen and oxygen atoms in total. The molecule has 1 fully saturated rings. The molecule has 2 rings (SSSR count). The zero-order chi connectivity index (χ0) is 13.0. The van der Waals surface area contributed by atoms with Crippen LogP contribution in [0.3, 0.4) is 0 Å². The fraction of sp³-hybridized carbons (Fsp3) is 0.462. The van der Waals surface area contributed by atoms with E-state index in [4.69, 9.17) is 5.11 Å². The number of hydrogen-bond acceptors (Lipinski definition) is 3. The number of rotatable bonds is 5. The third-order valence-electron chi connectivity index (χ3n) is 3.28. The molecule has 0 spiro atoms. The first-order valence-corrected chi connectivity index (χ1v) is 6.14. The molecule has 96 valence electrons. The lowest BCUT2D eigenvalue weighted by molar-refractivity contribution is -0.116. The Bertz CT molecular complexity index is 438. The predicted molar refractivity (Wildman–Crippen MR) is 66.4 cm³/mol. The molecule has 1 aliphatic carbocycles. The van der Waals surface area contributed by atoms with E-state index in [2.05, 4.69) is 10.3 Å². The maximum atomic E-state index is 11.6. The van der Waals surface area contributed by atoms with Crippen LogP contribution in [-0.4, -0.2) is 22.0 Å². The molecule has 1 saturated carbocycles. The summed E-state index contributed by atoms with van der Waals surface area (Å²) in [6.07, 6.45) is 6.43. The van der Waals surface area contributed by atoms with Gasteiger partial charge in [0.15, 0.2) is 0 Å². The smallest absolute Gasteiger partial charge is 0.337 e. The molecular weight excluding hydrogens is 232 g/mol. The Morgan fingerprint density at radius 2 is 2.17 bits per heavy atom. The Kier molecular flexibility index (Phi) is 3.92. The summed E-state index contributed by atoms with van der Waals surface area (Å²) in [4.78, 5) is 26.1. The summed E-state index contributed by atoms with van der Waals surface area (Å²) in [6.45, 7) is 0. The van der Waals surface area contributed by atoms with E-state index in [1.807, 2.05) is 0 Å².